The van der Waals surface area contributed by atoms with Crippen molar-refractivity contribution >= 4 is 17.2 Å². The zero-order valence-electron chi connectivity index (χ0n) is 15.3. The lowest BCUT2D eigenvalue weighted by Crippen LogP contribution is -2.48. The van der Waals surface area contributed by atoms with Crippen LogP contribution in [0.25, 0.3) is 0 Å². The third kappa shape index (κ3) is 4.37. The molecule has 0 radical (unpaired) electrons. The van der Waals surface area contributed by atoms with Gasteiger partial charge >= 0.3 is 0 Å². The molecule has 2 aromatic rings. The SMILES string of the molecule is CCCn1nc(C(=O)N2CCN(Cc3csc(CC)n3)CC2)ccc1=O. The molecule has 140 valence electrons. The molecule has 0 spiro atoms. The second kappa shape index (κ2) is 8.55. The maximum atomic E-state index is 12.7. The molecule has 0 saturated carbocycles. The molecular formula is C18H25N5O2S. The Morgan fingerprint density at radius 2 is 1.96 bits per heavy atom. The average Bonchev–Trinajstić information content (AvgIpc) is 3.11. The Labute approximate surface area is 157 Å². The zero-order chi connectivity index (χ0) is 18.5. The summed E-state index contributed by atoms with van der Waals surface area (Å²) >= 11 is 1.71. The molecule has 8 heteroatoms. The first-order valence-corrected chi connectivity index (χ1v) is 10.0. The summed E-state index contributed by atoms with van der Waals surface area (Å²) in [6.45, 7) is 8.42. The number of amides is 1. The molecule has 0 N–H and O–H groups in total. The Balaban J connectivity index is 1.58. The van der Waals surface area contributed by atoms with Gasteiger partial charge in [0, 0.05) is 50.7 Å². The Hall–Kier alpha value is -2.06. The van der Waals surface area contributed by atoms with E-state index in [1.807, 2.05) is 11.8 Å². The first-order chi connectivity index (χ1) is 12.6. The fraction of sp³-hybridized carbons (Fsp3) is 0.556. The van der Waals surface area contributed by atoms with Crippen molar-refractivity contribution in [3.05, 3.63) is 44.3 Å². The van der Waals surface area contributed by atoms with E-state index < -0.39 is 0 Å². The van der Waals surface area contributed by atoms with Crippen molar-refractivity contribution in [2.75, 3.05) is 26.2 Å². The van der Waals surface area contributed by atoms with Crippen LogP contribution in [-0.4, -0.2) is 56.7 Å². The summed E-state index contributed by atoms with van der Waals surface area (Å²) in [5.74, 6) is -0.101. The van der Waals surface area contributed by atoms with E-state index in [1.165, 1.54) is 21.8 Å². The number of hydrogen-bond donors (Lipinski definition) is 0. The van der Waals surface area contributed by atoms with E-state index in [2.05, 4.69) is 27.3 Å². The van der Waals surface area contributed by atoms with Gasteiger partial charge < -0.3 is 4.90 Å². The van der Waals surface area contributed by atoms with E-state index in [-0.39, 0.29) is 11.5 Å². The average molecular weight is 375 g/mol. The number of nitrogens with zero attached hydrogens (tertiary/aromatic N) is 5. The van der Waals surface area contributed by atoms with Crippen LogP contribution in [0.1, 0.15) is 41.5 Å². The topological polar surface area (TPSA) is 71.3 Å². The maximum Gasteiger partial charge on any atom is 0.274 e. The summed E-state index contributed by atoms with van der Waals surface area (Å²) in [7, 11) is 0. The van der Waals surface area contributed by atoms with E-state index in [1.54, 1.807) is 11.3 Å². The summed E-state index contributed by atoms with van der Waals surface area (Å²) in [5, 5.41) is 7.52. The smallest absolute Gasteiger partial charge is 0.274 e. The van der Waals surface area contributed by atoms with Crippen LogP contribution in [0.3, 0.4) is 0 Å². The van der Waals surface area contributed by atoms with Gasteiger partial charge in [-0.2, -0.15) is 5.10 Å². The molecule has 2 aromatic heterocycles. The second-order valence-corrected chi connectivity index (χ2v) is 7.38. The second-order valence-electron chi connectivity index (χ2n) is 6.43. The molecule has 3 rings (SSSR count). The van der Waals surface area contributed by atoms with Crippen LogP contribution in [0.5, 0.6) is 0 Å². The zero-order valence-corrected chi connectivity index (χ0v) is 16.2. The Bertz CT molecular complexity index is 808. The molecule has 7 nitrogen and oxygen atoms in total. The van der Waals surface area contributed by atoms with Gasteiger partial charge in [-0.25, -0.2) is 9.67 Å². The summed E-state index contributed by atoms with van der Waals surface area (Å²) < 4.78 is 1.37. The van der Waals surface area contributed by atoms with Crippen molar-refractivity contribution in [2.24, 2.45) is 0 Å². The fourth-order valence-corrected chi connectivity index (χ4v) is 3.76. The summed E-state index contributed by atoms with van der Waals surface area (Å²) in [6, 6.07) is 2.96. The van der Waals surface area contributed by atoms with Crippen molar-refractivity contribution in [1.82, 2.24) is 24.6 Å². The lowest BCUT2D eigenvalue weighted by molar-refractivity contribution is 0.0618. The molecule has 0 bridgehead atoms. The van der Waals surface area contributed by atoms with Crippen molar-refractivity contribution in [2.45, 2.75) is 39.8 Å². The third-order valence-corrected chi connectivity index (χ3v) is 5.51. The molecule has 1 fully saturated rings. The highest BCUT2D eigenvalue weighted by Gasteiger charge is 2.24. The predicted molar refractivity (Wildman–Crippen MR) is 101 cm³/mol. The van der Waals surface area contributed by atoms with Gasteiger partial charge in [-0.3, -0.25) is 14.5 Å². The monoisotopic (exact) mass is 375 g/mol. The molecule has 26 heavy (non-hydrogen) atoms. The molecule has 1 aliphatic rings. The van der Waals surface area contributed by atoms with Gasteiger partial charge in [0.1, 0.15) is 5.69 Å². The van der Waals surface area contributed by atoms with Gasteiger partial charge in [0.25, 0.3) is 11.5 Å². The molecule has 1 amide bonds. The van der Waals surface area contributed by atoms with E-state index in [0.717, 1.165) is 38.2 Å². The van der Waals surface area contributed by atoms with Crippen LogP contribution in [0, 0.1) is 0 Å². The molecule has 3 heterocycles. The summed E-state index contributed by atoms with van der Waals surface area (Å²) in [5.41, 5.74) is 1.29. The molecule has 0 atom stereocenters. The normalized spacial score (nSPS) is 15.4. The Morgan fingerprint density at radius 3 is 2.62 bits per heavy atom. The van der Waals surface area contributed by atoms with Crippen LogP contribution in [0.2, 0.25) is 0 Å². The van der Waals surface area contributed by atoms with E-state index >= 15 is 0 Å². The van der Waals surface area contributed by atoms with Crippen molar-refractivity contribution in [1.29, 1.82) is 0 Å². The van der Waals surface area contributed by atoms with Crippen LogP contribution < -0.4 is 5.56 Å². The predicted octanol–water partition coefficient (Wildman–Crippen LogP) is 1.63. The first-order valence-electron chi connectivity index (χ1n) is 9.13. The number of thiazole rings is 1. The van der Waals surface area contributed by atoms with E-state index in [4.69, 9.17) is 0 Å². The summed E-state index contributed by atoms with van der Waals surface area (Å²) in [6.07, 6.45) is 1.78. The molecule has 0 unspecified atom stereocenters. The molecule has 1 saturated heterocycles. The third-order valence-electron chi connectivity index (χ3n) is 4.47. The summed E-state index contributed by atoms with van der Waals surface area (Å²) in [4.78, 5) is 33.2. The Morgan fingerprint density at radius 1 is 1.19 bits per heavy atom. The lowest BCUT2D eigenvalue weighted by Gasteiger charge is -2.34. The highest BCUT2D eigenvalue weighted by atomic mass is 32.1. The van der Waals surface area contributed by atoms with Crippen molar-refractivity contribution in [3.63, 3.8) is 0 Å². The standard InChI is InChI=1S/C18H25N5O2S/c1-3-7-23-17(24)6-5-15(20-23)18(25)22-10-8-21(9-11-22)12-14-13-26-16(4-2)19-14/h5-6,13H,3-4,7-12H2,1-2H3. The van der Waals surface area contributed by atoms with Gasteiger partial charge in [-0.05, 0) is 18.9 Å². The van der Waals surface area contributed by atoms with Crippen LogP contribution in [0.15, 0.2) is 22.3 Å². The minimum absolute atomic E-state index is 0.101. The van der Waals surface area contributed by atoms with Gasteiger partial charge in [0.2, 0.25) is 0 Å². The lowest BCUT2D eigenvalue weighted by atomic mass is 10.2. The maximum absolute atomic E-state index is 12.7. The highest BCUT2D eigenvalue weighted by molar-refractivity contribution is 7.09. The van der Waals surface area contributed by atoms with Crippen molar-refractivity contribution < 1.29 is 4.79 Å². The molecular weight excluding hydrogens is 350 g/mol. The Kier molecular flexibility index (Phi) is 6.16. The number of aryl methyl sites for hydroxylation is 2. The number of rotatable bonds is 6. The molecule has 1 aliphatic heterocycles. The quantitative estimate of drug-likeness (QED) is 0.767. The number of carbonyl (C=O) groups is 1. The largest absolute Gasteiger partial charge is 0.335 e. The van der Waals surface area contributed by atoms with Gasteiger partial charge in [-0.15, -0.1) is 11.3 Å². The van der Waals surface area contributed by atoms with Gasteiger partial charge in [0.05, 0.1) is 10.7 Å². The highest BCUT2D eigenvalue weighted by Crippen LogP contribution is 2.14. The minimum Gasteiger partial charge on any atom is -0.335 e. The number of aromatic nitrogens is 3. The van der Waals surface area contributed by atoms with Crippen LogP contribution in [0.4, 0.5) is 0 Å². The van der Waals surface area contributed by atoms with Crippen molar-refractivity contribution in [3.8, 4) is 0 Å². The van der Waals surface area contributed by atoms with Crippen LogP contribution >= 0.6 is 11.3 Å². The van der Waals surface area contributed by atoms with Gasteiger partial charge in [0.15, 0.2) is 0 Å². The number of carbonyl (C=O) groups excluding carboxylic acids is 1. The number of hydrogen-bond acceptors (Lipinski definition) is 6. The number of piperazine rings is 1. The van der Waals surface area contributed by atoms with Crippen LogP contribution in [-0.2, 0) is 19.5 Å². The van der Waals surface area contributed by atoms with Gasteiger partial charge in [-0.1, -0.05) is 13.8 Å². The van der Waals surface area contributed by atoms with E-state index in [9.17, 15) is 9.59 Å². The first kappa shape index (κ1) is 18.7. The fourth-order valence-electron chi connectivity index (χ4n) is 3.02. The van der Waals surface area contributed by atoms with E-state index in [0.29, 0.717) is 25.3 Å². The minimum atomic E-state index is -0.164. The molecule has 0 aliphatic carbocycles. The molecule has 0 aromatic carbocycles.